The molecule has 0 radical (unpaired) electrons. The number of carbonyl (C=O) groups is 2. The molecular formula is C32H37N5O6. The Morgan fingerprint density at radius 2 is 1.79 bits per heavy atom. The van der Waals surface area contributed by atoms with Gasteiger partial charge in [-0.1, -0.05) is 18.2 Å². The van der Waals surface area contributed by atoms with Gasteiger partial charge in [-0.25, -0.2) is 9.59 Å². The van der Waals surface area contributed by atoms with Gasteiger partial charge in [-0.15, -0.1) is 0 Å². The third-order valence-electron chi connectivity index (χ3n) is 7.44. The molecule has 1 fully saturated rings. The number of amides is 2. The molecule has 1 aliphatic rings. The summed E-state index contributed by atoms with van der Waals surface area (Å²) >= 11 is 0. The molecule has 1 saturated heterocycles. The number of aromatic hydroxyl groups is 1. The SMILES string of the molecule is Cc1cc(COc2ccc(C(=O)NC(c3[nH]c(=O)[nH]c3O)C3CCN(C(=O)OC(C)(C)C)CC3)cc2)c2ccccc2n1. The Morgan fingerprint density at radius 1 is 1.09 bits per heavy atom. The number of nitrogens with one attached hydrogen (secondary N) is 3. The number of pyridine rings is 1. The maximum Gasteiger partial charge on any atom is 0.410 e. The Kier molecular flexibility index (Phi) is 8.43. The minimum atomic E-state index is -0.689. The third kappa shape index (κ3) is 7.17. The van der Waals surface area contributed by atoms with Crippen LogP contribution in [0.15, 0.2) is 59.4 Å². The van der Waals surface area contributed by atoms with Crippen LogP contribution in [0.1, 0.15) is 67.0 Å². The number of aromatic nitrogens is 3. The Labute approximate surface area is 249 Å². The second kappa shape index (κ2) is 12.2. The molecule has 5 rings (SSSR count). The fourth-order valence-corrected chi connectivity index (χ4v) is 5.38. The number of para-hydroxylation sites is 1. The van der Waals surface area contributed by atoms with E-state index < -0.39 is 17.3 Å². The van der Waals surface area contributed by atoms with Gasteiger partial charge in [0.1, 0.15) is 23.7 Å². The van der Waals surface area contributed by atoms with E-state index in [1.807, 2.05) is 58.0 Å². The predicted molar refractivity (Wildman–Crippen MR) is 161 cm³/mol. The number of hydrogen-bond donors (Lipinski definition) is 4. The van der Waals surface area contributed by atoms with E-state index in [1.54, 1.807) is 29.2 Å². The molecule has 43 heavy (non-hydrogen) atoms. The Morgan fingerprint density at radius 3 is 2.44 bits per heavy atom. The van der Waals surface area contributed by atoms with E-state index in [0.29, 0.717) is 43.9 Å². The van der Waals surface area contributed by atoms with Crippen molar-refractivity contribution in [2.45, 2.75) is 58.8 Å². The Hall–Kier alpha value is -4.80. The number of hydrogen-bond acceptors (Lipinski definition) is 7. The first-order valence-corrected chi connectivity index (χ1v) is 14.3. The number of aryl methyl sites for hydroxylation is 1. The normalized spacial score (nSPS) is 14.8. The highest BCUT2D eigenvalue weighted by Gasteiger charge is 2.34. The van der Waals surface area contributed by atoms with Crippen LogP contribution in [0.25, 0.3) is 10.9 Å². The molecule has 2 amide bonds. The van der Waals surface area contributed by atoms with E-state index in [2.05, 4.69) is 20.3 Å². The summed E-state index contributed by atoms with van der Waals surface area (Å²) in [5.74, 6) is -0.245. The highest BCUT2D eigenvalue weighted by atomic mass is 16.6. The molecule has 0 aliphatic carbocycles. The zero-order chi connectivity index (χ0) is 30.7. The van der Waals surface area contributed by atoms with Crippen molar-refractivity contribution >= 4 is 22.9 Å². The maximum absolute atomic E-state index is 13.4. The van der Waals surface area contributed by atoms with Gasteiger partial charge in [0.05, 0.1) is 11.6 Å². The number of nitrogens with zero attached hydrogens (tertiary/aromatic N) is 2. The first-order valence-electron chi connectivity index (χ1n) is 14.3. The smallest absolute Gasteiger partial charge is 0.410 e. The van der Waals surface area contributed by atoms with Crippen LogP contribution >= 0.6 is 0 Å². The first kappa shape index (κ1) is 29.7. The van der Waals surface area contributed by atoms with Crippen molar-refractivity contribution < 1.29 is 24.2 Å². The number of imidazole rings is 1. The molecular weight excluding hydrogens is 550 g/mol. The molecule has 4 N–H and O–H groups in total. The second-order valence-corrected chi connectivity index (χ2v) is 11.9. The summed E-state index contributed by atoms with van der Waals surface area (Å²) in [5, 5.41) is 14.4. The number of fused-ring (bicyclic) bond motifs is 1. The lowest BCUT2D eigenvalue weighted by Crippen LogP contribution is -2.44. The van der Waals surface area contributed by atoms with Gasteiger partial charge in [0.2, 0.25) is 5.88 Å². The fraction of sp³-hybridized carbons (Fsp3) is 0.375. The number of ether oxygens (including phenoxy) is 2. The molecule has 2 aromatic carbocycles. The van der Waals surface area contributed by atoms with Gasteiger partial charge in [0.25, 0.3) is 5.91 Å². The number of aromatic amines is 2. The summed E-state index contributed by atoms with van der Waals surface area (Å²) in [6.45, 7) is 8.58. The molecule has 0 bridgehead atoms. The van der Waals surface area contributed by atoms with Crippen LogP contribution in [0, 0.1) is 12.8 Å². The number of carbonyl (C=O) groups excluding carboxylic acids is 2. The minimum Gasteiger partial charge on any atom is -0.493 e. The average Bonchev–Trinajstić information content (AvgIpc) is 3.31. The van der Waals surface area contributed by atoms with Crippen LogP contribution in [-0.2, 0) is 11.3 Å². The number of rotatable bonds is 7. The quantitative estimate of drug-likeness (QED) is 0.239. The fourth-order valence-electron chi connectivity index (χ4n) is 5.38. The molecule has 1 aliphatic heterocycles. The van der Waals surface area contributed by atoms with E-state index in [0.717, 1.165) is 22.2 Å². The van der Waals surface area contributed by atoms with Crippen LogP contribution in [-0.4, -0.2) is 55.6 Å². The highest BCUT2D eigenvalue weighted by molar-refractivity contribution is 5.94. The molecule has 1 atom stereocenters. The van der Waals surface area contributed by atoms with Crippen molar-refractivity contribution in [2.24, 2.45) is 5.92 Å². The molecule has 1 unspecified atom stereocenters. The van der Waals surface area contributed by atoms with Crippen LogP contribution in [0.3, 0.4) is 0 Å². The summed E-state index contributed by atoms with van der Waals surface area (Å²) in [5.41, 5.74) is 2.26. The lowest BCUT2D eigenvalue weighted by molar-refractivity contribution is 0.0166. The standard InChI is InChI=1S/C32H37N5O6/c1-19-17-22(24-7-5-6-8-25(24)33-19)18-42-23-11-9-21(10-12-23)28(38)34-26(27-29(39)36-30(40)35-27)20-13-15-37(16-14-20)31(41)43-32(2,3)4/h5-12,17,20,26,39H,13-16,18H2,1-4H3,(H,34,38)(H2,35,36,40). The van der Waals surface area contributed by atoms with Gasteiger partial charge >= 0.3 is 11.8 Å². The van der Waals surface area contributed by atoms with Crippen LogP contribution in [0.2, 0.25) is 0 Å². The Bertz CT molecular complexity index is 1660. The monoisotopic (exact) mass is 587 g/mol. The predicted octanol–water partition coefficient (Wildman–Crippen LogP) is 4.96. The third-order valence-corrected chi connectivity index (χ3v) is 7.44. The largest absolute Gasteiger partial charge is 0.493 e. The van der Waals surface area contributed by atoms with Crippen molar-refractivity contribution in [3.8, 4) is 11.6 Å². The number of piperidine rings is 1. The van der Waals surface area contributed by atoms with Crippen molar-refractivity contribution in [1.82, 2.24) is 25.2 Å². The Balaban J connectivity index is 1.26. The molecule has 2 aromatic heterocycles. The average molecular weight is 588 g/mol. The van der Waals surface area contributed by atoms with E-state index in [9.17, 15) is 19.5 Å². The summed E-state index contributed by atoms with van der Waals surface area (Å²) in [6.07, 6.45) is 0.679. The van der Waals surface area contributed by atoms with Crippen molar-refractivity contribution in [1.29, 1.82) is 0 Å². The number of H-pyrrole nitrogens is 2. The second-order valence-electron chi connectivity index (χ2n) is 11.9. The van der Waals surface area contributed by atoms with E-state index >= 15 is 0 Å². The zero-order valence-corrected chi connectivity index (χ0v) is 24.8. The van der Waals surface area contributed by atoms with E-state index in [-0.39, 0.29) is 29.5 Å². The lowest BCUT2D eigenvalue weighted by atomic mass is 9.87. The maximum atomic E-state index is 13.4. The van der Waals surface area contributed by atoms with Crippen molar-refractivity contribution in [2.75, 3.05) is 13.1 Å². The van der Waals surface area contributed by atoms with E-state index in [1.165, 1.54) is 0 Å². The zero-order valence-electron chi connectivity index (χ0n) is 24.8. The molecule has 0 saturated carbocycles. The molecule has 3 heterocycles. The molecule has 0 spiro atoms. The highest BCUT2D eigenvalue weighted by Crippen LogP contribution is 2.33. The summed E-state index contributed by atoms with van der Waals surface area (Å²) < 4.78 is 11.5. The summed E-state index contributed by atoms with van der Waals surface area (Å²) in [4.78, 5) is 49.0. The molecule has 11 nitrogen and oxygen atoms in total. The summed E-state index contributed by atoms with van der Waals surface area (Å²) in [7, 11) is 0. The lowest BCUT2D eigenvalue weighted by Gasteiger charge is -2.36. The van der Waals surface area contributed by atoms with Gasteiger partial charge in [-0.3, -0.25) is 14.8 Å². The van der Waals surface area contributed by atoms with Gasteiger partial charge in [0.15, 0.2) is 0 Å². The van der Waals surface area contributed by atoms with Crippen LogP contribution < -0.4 is 15.7 Å². The topological polar surface area (TPSA) is 150 Å². The van der Waals surface area contributed by atoms with Crippen LogP contribution in [0.4, 0.5) is 4.79 Å². The number of likely N-dealkylation sites (tertiary alicyclic amines) is 1. The summed E-state index contributed by atoms with van der Waals surface area (Å²) in [6, 6.07) is 16.0. The van der Waals surface area contributed by atoms with Gasteiger partial charge < -0.3 is 29.8 Å². The van der Waals surface area contributed by atoms with Crippen molar-refractivity contribution in [3.63, 3.8) is 0 Å². The minimum absolute atomic E-state index is 0.152. The van der Waals surface area contributed by atoms with Crippen molar-refractivity contribution in [3.05, 3.63) is 87.6 Å². The molecule has 226 valence electrons. The van der Waals surface area contributed by atoms with Crippen LogP contribution in [0.5, 0.6) is 11.6 Å². The number of benzene rings is 2. The van der Waals surface area contributed by atoms with Gasteiger partial charge in [-0.2, -0.15) is 0 Å². The van der Waals surface area contributed by atoms with Gasteiger partial charge in [0, 0.05) is 35.3 Å². The van der Waals surface area contributed by atoms with Gasteiger partial charge in [-0.05, 0) is 82.9 Å². The molecule has 11 heteroatoms. The first-order chi connectivity index (χ1) is 20.5. The van der Waals surface area contributed by atoms with E-state index in [4.69, 9.17) is 9.47 Å². The molecule has 4 aromatic rings.